The largest absolute Gasteiger partial charge is 0.516 e. The van der Waals surface area contributed by atoms with Gasteiger partial charge in [0, 0.05) is 5.56 Å². The Hall–Kier alpha value is -2.30. The van der Waals surface area contributed by atoms with E-state index in [-0.39, 0.29) is 36.5 Å². The minimum Gasteiger partial charge on any atom is -0.446 e. The summed E-state index contributed by atoms with van der Waals surface area (Å²) in [5.74, 6) is 0. The molecule has 25 heavy (non-hydrogen) atoms. The van der Waals surface area contributed by atoms with Gasteiger partial charge in [-0.15, -0.1) is 0 Å². The number of ether oxygens (including phenoxy) is 1. The molecule has 1 aromatic rings. The summed E-state index contributed by atoms with van der Waals surface area (Å²) >= 11 is 0. The van der Waals surface area contributed by atoms with Gasteiger partial charge < -0.3 is 4.74 Å². The van der Waals surface area contributed by atoms with Gasteiger partial charge in [0.1, 0.15) is 6.61 Å². The Morgan fingerprint density at radius 3 is 2.60 bits per heavy atom. The number of anilines is 1. The second-order valence-electron chi connectivity index (χ2n) is 5.24. The van der Waals surface area contributed by atoms with Crippen molar-refractivity contribution < 1.29 is 31.1 Å². The zero-order valence-corrected chi connectivity index (χ0v) is 14.2. The van der Waals surface area contributed by atoms with E-state index < -0.39 is 21.6 Å². The van der Waals surface area contributed by atoms with Crippen LogP contribution in [0.15, 0.2) is 23.3 Å². The van der Waals surface area contributed by atoms with Crippen molar-refractivity contribution >= 4 is 27.5 Å². The quantitative estimate of drug-likeness (QED) is 0.797. The fourth-order valence-electron chi connectivity index (χ4n) is 2.13. The van der Waals surface area contributed by atoms with Gasteiger partial charge in [-0.05, 0) is 25.5 Å². The van der Waals surface area contributed by atoms with Crippen LogP contribution in [0.3, 0.4) is 0 Å². The van der Waals surface area contributed by atoms with Crippen LogP contribution in [0.1, 0.15) is 24.5 Å². The number of hydrazone groups is 1. The molecule has 0 aromatic heterocycles. The summed E-state index contributed by atoms with van der Waals surface area (Å²) in [6, 6.07) is 4.19. The number of alkyl halides is 3. The molecule has 11 heteroatoms. The minimum absolute atomic E-state index is 0.153. The van der Waals surface area contributed by atoms with Gasteiger partial charge in [0.05, 0.1) is 17.9 Å². The second-order valence-corrected chi connectivity index (χ2v) is 6.91. The smallest absolute Gasteiger partial charge is 0.446 e. The van der Waals surface area contributed by atoms with E-state index in [2.05, 4.69) is 5.10 Å². The SMILES string of the molecule is CC/C(=N\N1CCOC1=O)c1cc(C)ccc1NS(=O)(=O)C(F)(F)F. The number of sulfonamides is 1. The van der Waals surface area contributed by atoms with Crippen LogP contribution in [0.25, 0.3) is 0 Å². The third-order valence-electron chi connectivity index (χ3n) is 3.35. The highest BCUT2D eigenvalue weighted by Gasteiger charge is 2.46. The molecule has 1 aliphatic heterocycles. The molecule has 0 saturated carbocycles. The van der Waals surface area contributed by atoms with Crippen LogP contribution in [0.5, 0.6) is 0 Å². The molecule has 0 spiro atoms. The first-order valence-corrected chi connectivity index (χ1v) is 8.75. The Morgan fingerprint density at radius 2 is 2.08 bits per heavy atom. The van der Waals surface area contributed by atoms with Crippen molar-refractivity contribution in [2.45, 2.75) is 25.8 Å². The Bertz CT molecular complexity index is 806. The van der Waals surface area contributed by atoms with Gasteiger partial charge in [-0.2, -0.15) is 31.7 Å². The molecular weight excluding hydrogens is 363 g/mol. The van der Waals surface area contributed by atoms with Crippen molar-refractivity contribution in [3.05, 3.63) is 29.3 Å². The molecule has 138 valence electrons. The molecule has 1 aliphatic rings. The summed E-state index contributed by atoms with van der Waals surface area (Å²) in [6.07, 6.45) is -0.412. The predicted molar refractivity (Wildman–Crippen MR) is 84.7 cm³/mol. The van der Waals surface area contributed by atoms with Gasteiger partial charge in [-0.25, -0.2) is 4.79 Å². The normalized spacial score (nSPS) is 16.1. The summed E-state index contributed by atoms with van der Waals surface area (Å²) in [7, 11) is -5.58. The average molecular weight is 379 g/mol. The molecule has 1 N–H and O–H groups in total. The molecule has 1 amide bonds. The van der Waals surface area contributed by atoms with Gasteiger partial charge in [-0.3, -0.25) is 4.72 Å². The lowest BCUT2D eigenvalue weighted by Gasteiger charge is -2.17. The van der Waals surface area contributed by atoms with E-state index in [4.69, 9.17) is 4.74 Å². The average Bonchev–Trinajstić information content (AvgIpc) is 2.90. The van der Waals surface area contributed by atoms with E-state index in [0.29, 0.717) is 5.56 Å². The van der Waals surface area contributed by atoms with Crippen molar-refractivity contribution in [1.82, 2.24) is 5.01 Å². The van der Waals surface area contributed by atoms with E-state index in [1.807, 2.05) is 0 Å². The number of carbonyl (C=O) groups excluding carboxylic acids is 1. The Kier molecular flexibility index (Phi) is 5.26. The van der Waals surface area contributed by atoms with Crippen molar-refractivity contribution in [3.63, 3.8) is 0 Å². The number of amides is 1. The maximum atomic E-state index is 12.6. The second kappa shape index (κ2) is 6.90. The van der Waals surface area contributed by atoms with E-state index >= 15 is 0 Å². The van der Waals surface area contributed by atoms with Crippen molar-refractivity contribution in [3.8, 4) is 0 Å². The number of aryl methyl sites for hydroxylation is 1. The first-order valence-electron chi connectivity index (χ1n) is 7.27. The van der Waals surface area contributed by atoms with Crippen LogP contribution >= 0.6 is 0 Å². The standard InChI is InChI=1S/C14H16F3N3O4S/c1-3-11(18-20-6-7-24-13(20)21)10-8-9(2)4-5-12(10)19-25(22,23)14(15,16)17/h4-5,8,19H,3,6-7H2,1-2H3/b18-11+. The van der Waals surface area contributed by atoms with Crippen molar-refractivity contribution in [2.24, 2.45) is 5.10 Å². The van der Waals surface area contributed by atoms with E-state index in [0.717, 1.165) is 5.01 Å². The molecule has 1 fully saturated rings. The third-order valence-corrected chi connectivity index (χ3v) is 4.45. The molecule has 1 saturated heterocycles. The number of benzene rings is 1. The monoisotopic (exact) mass is 379 g/mol. The van der Waals surface area contributed by atoms with Crippen molar-refractivity contribution in [2.75, 3.05) is 17.9 Å². The molecular formula is C14H16F3N3O4S. The van der Waals surface area contributed by atoms with Crippen LogP contribution in [-0.4, -0.2) is 43.9 Å². The Labute approximate surface area is 142 Å². The number of rotatable bonds is 5. The minimum atomic E-state index is -5.58. The van der Waals surface area contributed by atoms with Crippen LogP contribution in [0, 0.1) is 6.92 Å². The van der Waals surface area contributed by atoms with E-state index in [9.17, 15) is 26.4 Å². The summed E-state index contributed by atoms with van der Waals surface area (Å²) < 4.78 is 67.0. The van der Waals surface area contributed by atoms with Gasteiger partial charge in [0.2, 0.25) is 0 Å². The van der Waals surface area contributed by atoms with Crippen LogP contribution in [0.4, 0.5) is 23.7 Å². The Balaban J connectivity index is 2.47. The number of nitrogens with one attached hydrogen (secondary N) is 1. The van der Waals surface area contributed by atoms with E-state index in [1.165, 1.54) is 22.9 Å². The van der Waals surface area contributed by atoms with Crippen molar-refractivity contribution in [1.29, 1.82) is 0 Å². The van der Waals surface area contributed by atoms with Gasteiger partial charge >= 0.3 is 21.6 Å². The molecule has 2 rings (SSSR count). The zero-order chi connectivity index (χ0) is 18.8. The molecule has 0 radical (unpaired) electrons. The molecule has 0 unspecified atom stereocenters. The maximum Gasteiger partial charge on any atom is 0.516 e. The van der Waals surface area contributed by atoms with Gasteiger partial charge in [0.25, 0.3) is 0 Å². The lowest BCUT2D eigenvalue weighted by Crippen LogP contribution is -2.30. The van der Waals surface area contributed by atoms with Crippen LogP contribution in [0.2, 0.25) is 0 Å². The maximum absolute atomic E-state index is 12.6. The lowest BCUT2D eigenvalue weighted by atomic mass is 10.0. The highest BCUT2D eigenvalue weighted by molar-refractivity contribution is 7.93. The highest BCUT2D eigenvalue weighted by atomic mass is 32.2. The number of hydrogen-bond acceptors (Lipinski definition) is 5. The number of halogens is 3. The first-order chi connectivity index (χ1) is 11.5. The first kappa shape index (κ1) is 19.0. The topological polar surface area (TPSA) is 88.1 Å². The molecule has 1 heterocycles. The fourth-order valence-corrected chi connectivity index (χ4v) is 2.71. The van der Waals surface area contributed by atoms with Gasteiger partial charge in [-0.1, -0.05) is 18.6 Å². The third kappa shape index (κ3) is 4.21. The summed E-state index contributed by atoms with van der Waals surface area (Å²) in [4.78, 5) is 11.5. The number of carbonyl (C=O) groups is 1. The number of hydrogen-bond donors (Lipinski definition) is 1. The van der Waals surface area contributed by atoms with Crippen LogP contribution in [-0.2, 0) is 14.8 Å². The zero-order valence-electron chi connectivity index (χ0n) is 13.4. The van der Waals surface area contributed by atoms with Gasteiger partial charge in [0.15, 0.2) is 0 Å². The molecule has 0 atom stereocenters. The molecule has 7 nitrogen and oxygen atoms in total. The summed E-state index contributed by atoms with van der Waals surface area (Å²) in [5.41, 5.74) is -4.61. The summed E-state index contributed by atoms with van der Waals surface area (Å²) in [6.45, 7) is 3.74. The lowest BCUT2D eigenvalue weighted by molar-refractivity contribution is -0.0429. The Morgan fingerprint density at radius 1 is 1.40 bits per heavy atom. The summed E-state index contributed by atoms with van der Waals surface area (Å²) in [5, 5.41) is 5.14. The number of cyclic esters (lactones) is 1. The molecule has 1 aromatic carbocycles. The van der Waals surface area contributed by atoms with E-state index in [1.54, 1.807) is 13.8 Å². The predicted octanol–water partition coefficient (Wildman–Crippen LogP) is 2.82. The fraction of sp³-hybridized carbons (Fsp3) is 0.429. The highest BCUT2D eigenvalue weighted by Crippen LogP contribution is 2.28. The van der Waals surface area contributed by atoms with Crippen LogP contribution < -0.4 is 4.72 Å². The molecule has 0 aliphatic carbocycles. The molecule has 0 bridgehead atoms. The number of nitrogens with zero attached hydrogens (tertiary/aromatic N) is 2.